The Morgan fingerprint density at radius 3 is 2.19 bits per heavy atom. The first-order valence-electron chi connectivity index (χ1n) is 11.0. The summed E-state index contributed by atoms with van der Waals surface area (Å²) in [6.07, 6.45) is 3.84. The molecule has 0 radical (unpaired) electrons. The fraction of sp³-hybridized carbons (Fsp3) is 0.172. The van der Waals surface area contributed by atoms with Gasteiger partial charge in [-0.1, -0.05) is 36.4 Å². The highest BCUT2D eigenvalue weighted by Gasteiger charge is 2.28. The van der Waals surface area contributed by atoms with E-state index in [9.17, 15) is 0 Å². The Kier molecular flexibility index (Phi) is 4.90. The Morgan fingerprint density at radius 1 is 0.719 bits per heavy atom. The van der Waals surface area contributed by atoms with Crippen molar-refractivity contribution in [1.29, 1.82) is 0 Å². The summed E-state index contributed by atoms with van der Waals surface area (Å²) in [5, 5.41) is 0. The van der Waals surface area contributed by atoms with E-state index in [1.165, 1.54) is 50.1 Å². The van der Waals surface area contributed by atoms with E-state index in [1.807, 2.05) is 12.4 Å². The summed E-state index contributed by atoms with van der Waals surface area (Å²) in [6, 6.07) is 24.0. The molecule has 0 N–H and O–H groups in total. The Balaban J connectivity index is 1.83. The lowest BCUT2D eigenvalue weighted by Gasteiger charge is -2.10. The maximum absolute atomic E-state index is 4.45. The summed E-state index contributed by atoms with van der Waals surface area (Å²) in [5.41, 5.74) is 12.3. The molecule has 0 bridgehead atoms. The van der Waals surface area contributed by atoms with E-state index in [2.05, 4.69) is 116 Å². The zero-order valence-electron chi connectivity index (χ0n) is 19.3. The molecule has 3 heteroatoms. The van der Waals surface area contributed by atoms with Gasteiger partial charge < -0.3 is 0 Å². The van der Waals surface area contributed by atoms with Gasteiger partial charge >= 0.3 is 0 Å². The monoisotopic (exact) mass is 418 g/mol. The smallest absolute Gasteiger partial charge is 0.264 e. The van der Waals surface area contributed by atoms with Crippen LogP contribution < -0.4 is 4.57 Å². The van der Waals surface area contributed by atoms with Crippen molar-refractivity contribution in [2.45, 2.75) is 27.7 Å². The van der Waals surface area contributed by atoms with Crippen LogP contribution in [0.1, 0.15) is 22.3 Å². The van der Waals surface area contributed by atoms with Crippen LogP contribution >= 0.6 is 0 Å². The number of hydrogen-bond acceptors (Lipinski definition) is 1. The minimum atomic E-state index is 1.14. The van der Waals surface area contributed by atoms with Crippen molar-refractivity contribution in [3.8, 4) is 28.2 Å². The number of nitrogens with zero attached hydrogens (tertiary/aromatic N) is 3. The van der Waals surface area contributed by atoms with Gasteiger partial charge in [-0.2, -0.15) is 4.57 Å². The van der Waals surface area contributed by atoms with Gasteiger partial charge in [0, 0.05) is 12.4 Å². The van der Waals surface area contributed by atoms with Crippen LogP contribution in [0.2, 0.25) is 0 Å². The van der Waals surface area contributed by atoms with Crippen molar-refractivity contribution in [3.05, 3.63) is 101 Å². The molecule has 3 nitrogen and oxygen atoms in total. The van der Waals surface area contributed by atoms with E-state index in [0.29, 0.717) is 0 Å². The van der Waals surface area contributed by atoms with Gasteiger partial charge in [-0.25, -0.2) is 4.57 Å². The Morgan fingerprint density at radius 2 is 1.47 bits per heavy atom. The minimum absolute atomic E-state index is 1.14. The highest BCUT2D eigenvalue weighted by Crippen LogP contribution is 2.32. The van der Waals surface area contributed by atoms with Gasteiger partial charge in [-0.3, -0.25) is 4.98 Å². The van der Waals surface area contributed by atoms with E-state index in [0.717, 1.165) is 11.4 Å². The average molecular weight is 419 g/mol. The third-order valence-electron chi connectivity index (χ3n) is 6.55. The molecule has 0 aliphatic heterocycles. The highest BCUT2D eigenvalue weighted by molar-refractivity contribution is 5.82. The van der Waals surface area contributed by atoms with Crippen molar-refractivity contribution in [2.75, 3.05) is 0 Å². The van der Waals surface area contributed by atoms with E-state index in [1.54, 1.807) is 0 Å². The van der Waals surface area contributed by atoms with Crippen LogP contribution in [-0.2, 0) is 7.05 Å². The average Bonchev–Trinajstić information content (AvgIpc) is 3.06. The number of imidazole rings is 1. The molecule has 0 unspecified atom stereocenters. The molecule has 0 atom stereocenters. The summed E-state index contributed by atoms with van der Waals surface area (Å²) in [5.74, 6) is 1.14. The molecule has 5 aromatic rings. The van der Waals surface area contributed by atoms with Crippen LogP contribution in [0.4, 0.5) is 0 Å². The number of fused-ring (bicyclic) bond motifs is 1. The van der Waals surface area contributed by atoms with E-state index in [4.69, 9.17) is 0 Å². The van der Waals surface area contributed by atoms with Gasteiger partial charge in [0.1, 0.15) is 5.69 Å². The summed E-state index contributed by atoms with van der Waals surface area (Å²) in [6.45, 7) is 8.73. The van der Waals surface area contributed by atoms with Crippen LogP contribution in [0, 0.1) is 27.7 Å². The normalized spacial score (nSPS) is 11.3. The second kappa shape index (κ2) is 7.76. The van der Waals surface area contributed by atoms with E-state index >= 15 is 0 Å². The van der Waals surface area contributed by atoms with Crippen LogP contribution in [0.5, 0.6) is 0 Å². The molecule has 0 aliphatic carbocycles. The van der Waals surface area contributed by atoms with Crippen molar-refractivity contribution >= 4 is 11.0 Å². The van der Waals surface area contributed by atoms with Gasteiger partial charge in [-0.15, -0.1) is 0 Å². The topological polar surface area (TPSA) is 21.7 Å². The number of hydrogen-bond donors (Lipinski definition) is 0. The maximum Gasteiger partial charge on any atom is 0.296 e. The van der Waals surface area contributed by atoms with Gasteiger partial charge in [-0.05, 0) is 91.4 Å². The first-order valence-corrected chi connectivity index (χ1v) is 11.0. The molecule has 0 spiro atoms. The van der Waals surface area contributed by atoms with Crippen LogP contribution in [0.15, 0.2) is 79.1 Å². The molecule has 32 heavy (non-hydrogen) atoms. The number of rotatable bonds is 3. The Hall–Kier alpha value is -3.72. The van der Waals surface area contributed by atoms with Crippen LogP contribution in [-0.4, -0.2) is 9.55 Å². The SMILES string of the molecule is Cc1cc2c(cc1C)[n+](C)c(-c1cnccc1C)n2-c1ccc(-c2ccccc2)cc1C. The molecular formula is C29H28N3+. The van der Waals surface area contributed by atoms with Gasteiger partial charge in [0.25, 0.3) is 5.82 Å². The fourth-order valence-corrected chi connectivity index (χ4v) is 4.57. The zero-order valence-corrected chi connectivity index (χ0v) is 19.3. The number of pyridine rings is 1. The standard InChI is InChI=1S/C29H28N3/c1-19-13-14-30-18-25(19)29-31(5)27-16-20(2)21(3)17-28(27)32(29)26-12-11-24(15-22(26)4)23-9-7-6-8-10-23/h6-18H,1-5H3/q+1. The molecule has 0 saturated carbocycles. The molecule has 158 valence electrons. The Bertz CT molecular complexity index is 1460. The molecule has 2 heterocycles. The van der Waals surface area contributed by atoms with Gasteiger partial charge in [0.05, 0.1) is 12.6 Å². The lowest BCUT2D eigenvalue weighted by Crippen LogP contribution is -2.30. The summed E-state index contributed by atoms with van der Waals surface area (Å²) < 4.78 is 4.70. The third kappa shape index (κ3) is 3.21. The quantitative estimate of drug-likeness (QED) is 0.310. The maximum atomic E-state index is 4.45. The predicted molar refractivity (Wildman–Crippen MR) is 132 cm³/mol. The molecule has 3 aromatic carbocycles. The van der Waals surface area contributed by atoms with Crippen molar-refractivity contribution < 1.29 is 4.57 Å². The summed E-state index contributed by atoms with van der Waals surface area (Å²) >= 11 is 0. The van der Waals surface area contributed by atoms with Crippen molar-refractivity contribution in [2.24, 2.45) is 7.05 Å². The second-order valence-electron chi connectivity index (χ2n) is 8.70. The first-order chi connectivity index (χ1) is 15.5. The minimum Gasteiger partial charge on any atom is -0.264 e. The molecule has 0 fully saturated rings. The highest BCUT2D eigenvalue weighted by atomic mass is 15.2. The number of aryl methyl sites for hydroxylation is 5. The first kappa shape index (κ1) is 20.2. The van der Waals surface area contributed by atoms with Crippen LogP contribution in [0.3, 0.4) is 0 Å². The van der Waals surface area contributed by atoms with E-state index in [-0.39, 0.29) is 0 Å². The fourth-order valence-electron chi connectivity index (χ4n) is 4.57. The molecule has 0 amide bonds. The number of aromatic nitrogens is 3. The van der Waals surface area contributed by atoms with Crippen molar-refractivity contribution in [3.63, 3.8) is 0 Å². The van der Waals surface area contributed by atoms with Gasteiger partial charge in [0.15, 0.2) is 11.0 Å². The molecule has 0 saturated heterocycles. The molecule has 2 aromatic heterocycles. The molecule has 0 aliphatic rings. The largest absolute Gasteiger partial charge is 0.296 e. The van der Waals surface area contributed by atoms with Crippen molar-refractivity contribution in [1.82, 2.24) is 9.55 Å². The predicted octanol–water partition coefficient (Wildman–Crippen LogP) is 6.42. The lowest BCUT2D eigenvalue weighted by atomic mass is 10.0. The summed E-state index contributed by atoms with van der Waals surface area (Å²) in [7, 11) is 2.16. The lowest BCUT2D eigenvalue weighted by molar-refractivity contribution is -0.633. The van der Waals surface area contributed by atoms with Crippen LogP contribution in [0.25, 0.3) is 39.2 Å². The summed E-state index contributed by atoms with van der Waals surface area (Å²) in [4.78, 5) is 4.45. The third-order valence-corrected chi connectivity index (χ3v) is 6.55. The Labute approximate surface area is 189 Å². The van der Waals surface area contributed by atoms with Gasteiger partial charge in [0.2, 0.25) is 0 Å². The molecule has 5 rings (SSSR count). The molecular weight excluding hydrogens is 390 g/mol. The second-order valence-corrected chi connectivity index (χ2v) is 8.70. The zero-order chi connectivity index (χ0) is 22.4. The van der Waals surface area contributed by atoms with E-state index < -0.39 is 0 Å². The number of benzene rings is 3.